The second kappa shape index (κ2) is 5.31. The number of methoxy groups -OCH3 is 1. The molecule has 0 amide bonds. The van der Waals surface area contributed by atoms with Gasteiger partial charge < -0.3 is 9.84 Å². The number of nitrogens with zero attached hydrogens (tertiary/aromatic N) is 1. The van der Waals surface area contributed by atoms with Gasteiger partial charge in [0.15, 0.2) is 4.34 Å². The number of aromatic carboxylic acids is 1. The Balaban J connectivity index is 2.79. The van der Waals surface area contributed by atoms with Crippen molar-refractivity contribution in [3.8, 4) is 0 Å². The molecule has 1 aromatic rings. The summed E-state index contributed by atoms with van der Waals surface area (Å²) in [4.78, 5) is 26.2. The lowest BCUT2D eigenvalue weighted by atomic mass is 10.4. The number of aromatic nitrogens is 1. The second-order valence-electron chi connectivity index (χ2n) is 2.98. The predicted molar refractivity (Wildman–Crippen MR) is 61.1 cm³/mol. The maximum atomic E-state index is 11.2. The molecule has 5 nitrogen and oxygen atoms in total. The molecular weight excluding hydrogens is 250 g/mol. The van der Waals surface area contributed by atoms with Crippen LogP contribution in [0.2, 0.25) is 0 Å². The Morgan fingerprint density at radius 2 is 2.19 bits per heavy atom. The molecular formula is C9H11NO4S2. The zero-order valence-corrected chi connectivity index (χ0v) is 10.6. The number of ether oxygens (including phenoxy) is 1. The molecule has 1 heterocycles. The summed E-state index contributed by atoms with van der Waals surface area (Å²) >= 11 is 2.27. The van der Waals surface area contributed by atoms with Gasteiger partial charge >= 0.3 is 11.9 Å². The van der Waals surface area contributed by atoms with Crippen LogP contribution in [0.1, 0.15) is 22.3 Å². The summed E-state index contributed by atoms with van der Waals surface area (Å²) < 4.78 is 5.13. The van der Waals surface area contributed by atoms with Crippen molar-refractivity contribution in [2.24, 2.45) is 0 Å². The molecule has 0 fully saturated rings. The van der Waals surface area contributed by atoms with Crippen molar-refractivity contribution >= 4 is 35.0 Å². The molecule has 16 heavy (non-hydrogen) atoms. The van der Waals surface area contributed by atoms with E-state index in [-0.39, 0.29) is 10.8 Å². The number of carbonyl (C=O) groups is 2. The standard InChI is InChI=1S/C9H11NO4S2/c1-4-6(7(11)12)16-9(10-4)15-5(2)8(13)14-3/h5H,1-3H3,(H,11,12). The van der Waals surface area contributed by atoms with E-state index >= 15 is 0 Å². The first-order chi connectivity index (χ1) is 7.45. The topological polar surface area (TPSA) is 76.5 Å². The molecule has 88 valence electrons. The van der Waals surface area contributed by atoms with Gasteiger partial charge in [-0.3, -0.25) is 4.79 Å². The molecule has 0 aliphatic heterocycles. The minimum absolute atomic E-state index is 0.208. The summed E-state index contributed by atoms with van der Waals surface area (Å²) in [6.07, 6.45) is 0. The monoisotopic (exact) mass is 261 g/mol. The Kier molecular flexibility index (Phi) is 4.31. The van der Waals surface area contributed by atoms with Crippen molar-refractivity contribution in [3.05, 3.63) is 10.6 Å². The summed E-state index contributed by atoms with van der Waals surface area (Å²) in [7, 11) is 1.31. The lowest BCUT2D eigenvalue weighted by Crippen LogP contribution is -2.14. The normalized spacial score (nSPS) is 12.2. The third-order valence-electron chi connectivity index (χ3n) is 1.78. The number of esters is 1. The van der Waals surface area contributed by atoms with Gasteiger partial charge in [0.05, 0.1) is 12.8 Å². The summed E-state index contributed by atoms with van der Waals surface area (Å²) in [5, 5.41) is 8.45. The van der Waals surface area contributed by atoms with E-state index in [0.717, 1.165) is 11.3 Å². The van der Waals surface area contributed by atoms with Gasteiger partial charge in [0.25, 0.3) is 0 Å². The molecule has 0 aliphatic rings. The highest BCUT2D eigenvalue weighted by Gasteiger charge is 2.19. The molecule has 0 saturated heterocycles. The van der Waals surface area contributed by atoms with Crippen LogP contribution in [0.4, 0.5) is 0 Å². The lowest BCUT2D eigenvalue weighted by Gasteiger charge is -2.05. The van der Waals surface area contributed by atoms with Gasteiger partial charge in [-0.2, -0.15) is 0 Å². The molecule has 1 rings (SSSR count). The van der Waals surface area contributed by atoms with Gasteiger partial charge in [0.1, 0.15) is 10.1 Å². The quantitative estimate of drug-likeness (QED) is 0.658. The highest BCUT2D eigenvalue weighted by Crippen LogP contribution is 2.30. The van der Waals surface area contributed by atoms with E-state index in [9.17, 15) is 9.59 Å². The Morgan fingerprint density at radius 1 is 1.56 bits per heavy atom. The van der Waals surface area contributed by atoms with Crippen LogP contribution in [0.15, 0.2) is 4.34 Å². The fourth-order valence-corrected chi connectivity index (χ4v) is 3.18. The molecule has 0 bridgehead atoms. The maximum absolute atomic E-state index is 11.2. The molecule has 1 aromatic heterocycles. The van der Waals surface area contributed by atoms with E-state index in [1.54, 1.807) is 13.8 Å². The number of carboxylic acid groups (broad SMARTS) is 1. The minimum atomic E-state index is -0.993. The van der Waals surface area contributed by atoms with E-state index < -0.39 is 11.2 Å². The van der Waals surface area contributed by atoms with Crippen molar-refractivity contribution in [1.82, 2.24) is 4.98 Å². The van der Waals surface area contributed by atoms with E-state index in [2.05, 4.69) is 9.72 Å². The van der Waals surface area contributed by atoms with Crippen LogP contribution < -0.4 is 0 Å². The number of thioether (sulfide) groups is 1. The second-order valence-corrected chi connectivity index (χ2v) is 5.57. The predicted octanol–water partition coefficient (Wildman–Crippen LogP) is 1.80. The smallest absolute Gasteiger partial charge is 0.347 e. The fourth-order valence-electron chi connectivity index (χ4n) is 0.986. The third kappa shape index (κ3) is 2.96. The molecule has 0 saturated carbocycles. The average molecular weight is 261 g/mol. The third-order valence-corrected chi connectivity index (χ3v) is 4.10. The number of rotatable bonds is 4. The highest BCUT2D eigenvalue weighted by atomic mass is 32.2. The van der Waals surface area contributed by atoms with Gasteiger partial charge in [-0.1, -0.05) is 11.8 Å². The largest absolute Gasteiger partial charge is 0.477 e. The molecule has 7 heteroatoms. The number of thiazole rings is 1. The van der Waals surface area contributed by atoms with Crippen molar-refractivity contribution < 1.29 is 19.4 Å². The minimum Gasteiger partial charge on any atom is -0.477 e. The van der Waals surface area contributed by atoms with Gasteiger partial charge in [-0.05, 0) is 13.8 Å². The van der Waals surface area contributed by atoms with E-state index in [1.165, 1.54) is 18.9 Å². The Labute approximate surface area is 101 Å². The molecule has 1 N–H and O–H groups in total. The van der Waals surface area contributed by atoms with E-state index in [4.69, 9.17) is 5.11 Å². The van der Waals surface area contributed by atoms with Gasteiger partial charge in [0.2, 0.25) is 0 Å². The molecule has 0 aliphatic carbocycles. The molecule has 1 unspecified atom stereocenters. The Hall–Kier alpha value is -1.08. The number of hydrogen-bond acceptors (Lipinski definition) is 6. The van der Waals surface area contributed by atoms with Crippen LogP contribution >= 0.6 is 23.1 Å². The van der Waals surface area contributed by atoms with Gasteiger partial charge in [-0.25, -0.2) is 9.78 Å². The summed E-state index contributed by atoms with van der Waals surface area (Å²) in [6, 6.07) is 0. The van der Waals surface area contributed by atoms with Crippen LogP contribution in [0.5, 0.6) is 0 Å². The van der Waals surface area contributed by atoms with Crippen LogP contribution in [0.3, 0.4) is 0 Å². The van der Waals surface area contributed by atoms with E-state index in [1.807, 2.05) is 0 Å². The number of carboxylic acids is 1. The van der Waals surface area contributed by atoms with E-state index in [0.29, 0.717) is 10.0 Å². The maximum Gasteiger partial charge on any atom is 0.347 e. The first-order valence-electron chi connectivity index (χ1n) is 4.41. The average Bonchev–Trinajstić information content (AvgIpc) is 2.58. The van der Waals surface area contributed by atoms with Crippen LogP contribution in [0, 0.1) is 6.92 Å². The molecule has 1 atom stereocenters. The number of aryl methyl sites for hydroxylation is 1. The van der Waals surface area contributed by atoms with Crippen molar-refractivity contribution in [1.29, 1.82) is 0 Å². The first kappa shape index (κ1) is 13.0. The first-order valence-corrected chi connectivity index (χ1v) is 6.10. The van der Waals surface area contributed by atoms with Gasteiger partial charge in [-0.15, -0.1) is 11.3 Å². The van der Waals surface area contributed by atoms with Crippen LogP contribution in [-0.4, -0.2) is 34.4 Å². The van der Waals surface area contributed by atoms with Crippen LogP contribution in [0.25, 0.3) is 0 Å². The van der Waals surface area contributed by atoms with Crippen LogP contribution in [-0.2, 0) is 9.53 Å². The summed E-state index contributed by atoms with van der Waals surface area (Å²) in [5.41, 5.74) is 0.470. The lowest BCUT2D eigenvalue weighted by molar-refractivity contribution is -0.139. The summed E-state index contributed by atoms with van der Waals surface area (Å²) in [6.45, 7) is 3.32. The van der Waals surface area contributed by atoms with Crippen molar-refractivity contribution in [3.63, 3.8) is 0 Å². The number of carbonyl (C=O) groups excluding carboxylic acids is 1. The molecule has 0 radical (unpaired) electrons. The zero-order chi connectivity index (χ0) is 12.3. The molecule has 0 aromatic carbocycles. The van der Waals surface area contributed by atoms with Crippen molar-refractivity contribution in [2.75, 3.05) is 7.11 Å². The Bertz CT molecular complexity index is 416. The fraction of sp³-hybridized carbons (Fsp3) is 0.444. The summed E-state index contributed by atoms with van der Waals surface area (Å²) in [5.74, 6) is -1.35. The SMILES string of the molecule is COC(=O)C(C)Sc1nc(C)c(C(=O)O)s1. The van der Waals surface area contributed by atoms with Gasteiger partial charge in [0, 0.05) is 0 Å². The highest BCUT2D eigenvalue weighted by molar-refractivity contribution is 8.02. The zero-order valence-electron chi connectivity index (χ0n) is 9.01. The molecule has 0 spiro atoms. The number of hydrogen-bond donors (Lipinski definition) is 1. The van der Waals surface area contributed by atoms with Crippen molar-refractivity contribution in [2.45, 2.75) is 23.4 Å². The Morgan fingerprint density at radius 3 is 2.62 bits per heavy atom.